The average molecular weight is 329 g/mol. The van der Waals surface area contributed by atoms with Crippen molar-refractivity contribution in [1.29, 1.82) is 0 Å². The molecule has 1 heterocycles. The summed E-state index contributed by atoms with van der Waals surface area (Å²) >= 11 is 0. The van der Waals surface area contributed by atoms with Crippen LogP contribution < -0.4 is 5.43 Å². The van der Waals surface area contributed by atoms with Crippen LogP contribution in [0.4, 0.5) is 10.1 Å². The molecule has 0 saturated carbocycles. The maximum Gasteiger partial charge on any atom is 0.289 e. The van der Waals surface area contributed by atoms with Crippen molar-refractivity contribution in [3.8, 4) is 0 Å². The Hall–Kier alpha value is -2.63. The third-order valence-electron chi connectivity index (χ3n) is 4.09. The number of amides is 1. The lowest BCUT2D eigenvalue weighted by Gasteiger charge is -2.13. The van der Waals surface area contributed by atoms with Crippen LogP contribution in [-0.4, -0.2) is 30.6 Å². The number of halogens is 1. The fourth-order valence-electron chi connectivity index (χ4n) is 2.84. The largest absolute Gasteiger partial charge is 0.455 e. The van der Waals surface area contributed by atoms with Crippen molar-refractivity contribution in [2.45, 2.75) is 26.2 Å². The van der Waals surface area contributed by atoms with Gasteiger partial charge in [0.05, 0.1) is 11.4 Å². The van der Waals surface area contributed by atoms with Crippen molar-refractivity contribution >= 4 is 17.3 Å². The molecule has 3 rings (SSSR count). The second-order valence-corrected chi connectivity index (χ2v) is 6.08. The molecule has 1 aliphatic carbocycles. The summed E-state index contributed by atoms with van der Waals surface area (Å²) in [5, 5.41) is 4.46. The van der Waals surface area contributed by atoms with Crippen molar-refractivity contribution in [3.63, 3.8) is 0 Å². The highest BCUT2D eigenvalue weighted by Crippen LogP contribution is 2.30. The van der Waals surface area contributed by atoms with E-state index in [-0.39, 0.29) is 11.7 Å². The van der Waals surface area contributed by atoms with Gasteiger partial charge in [0.25, 0.3) is 5.91 Å². The van der Waals surface area contributed by atoms with E-state index in [1.165, 1.54) is 17.0 Å². The van der Waals surface area contributed by atoms with Crippen LogP contribution in [0.5, 0.6) is 0 Å². The number of hydrazone groups is 1. The first-order valence-corrected chi connectivity index (χ1v) is 7.90. The van der Waals surface area contributed by atoms with Gasteiger partial charge in [-0.15, -0.1) is 0 Å². The Bertz CT molecular complexity index is 791. The van der Waals surface area contributed by atoms with E-state index in [0.717, 1.165) is 41.9 Å². The van der Waals surface area contributed by atoms with Crippen LogP contribution in [0.3, 0.4) is 0 Å². The molecular weight excluding hydrogens is 309 g/mol. The first-order chi connectivity index (χ1) is 11.5. The van der Waals surface area contributed by atoms with Crippen molar-refractivity contribution in [2.75, 3.05) is 19.5 Å². The zero-order valence-corrected chi connectivity index (χ0v) is 14.0. The topological polar surface area (TPSA) is 57.8 Å². The van der Waals surface area contributed by atoms with Gasteiger partial charge in [-0.2, -0.15) is 5.10 Å². The van der Waals surface area contributed by atoms with Gasteiger partial charge in [0.2, 0.25) is 0 Å². The lowest BCUT2D eigenvalue weighted by atomic mass is 9.93. The highest BCUT2D eigenvalue weighted by atomic mass is 19.1. The molecule has 0 aliphatic heterocycles. The Balaban J connectivity index is 1.92. The highest BCUT2D eigenvalue weighted by Gasteiger charge is 2.28. The maximum absolute atomic E-state index is 13.0. The second-order valence-electron chi connectivity index (χ2n) is 6.08. The molecule has 0 fully saturated rings. The van der Waals surface area contributed by atoms with Gasteiger partial charge in [0.1, 0.15) is 11.6 Å². The van der Waals surface area contributed by atoms with E-state index in [9.17, 15) is 9.18 Å². The van der Waals surface area contributed by atoms with Crippen LogP contribution >= 0.6 is 0 Å². The number of benzene rings is 1. The standard InChI is InChI=1S/C18H20FN3O2/c1-11-16-14(21-20-13-9-7-12(19)8-10-13)5-4-6-15(16)24-17(11)18(23)22(2)3/h7-10,20H,4-6H2,1-3H3/b21-14+. The van der Waals surface area contributed by atoms with Crippen molar-refractivity contribution < 1.29 is 13.6 Å². The molecule has 0 atom stereocenters. The Morgan fingerprint density at radius 2 is 1.96 bits per heavy atom. The van der Waals surface area contributed by atoms with Crippen LogP contribution in [0, 0.1) is 12.7 Å². The van der Waals surface area contributed by atoms with E-state index < -0.39 is 0 Å². The van der Waals surface area contributed by atoms with Gasteiger partial charge in [-0.05, 0) is 44.0 Å². The number of carbonyl (C=O) groups is 1. The lowest BCUT2D eigenvalue weighted by molar-refractivity contribution is 0.0794. The van der Waals surface area contributed by atoms with Crippen molar-refractivity contribution in [1.82, 2.24) is 4.90 Å². The fourth-order valence-corrected chi connectivity index (χ4v) is 2.84. The summed E-state index contributed by atoms with van der Waals surface area (Å²) in [5.41, 5.74) is 6.27. The monoisotopic (exact) mass is 329 g/mol. The Morgan fingerprint density at radius 3 is 2.62 bits per heavy atom. The molecular formula is C18H20FN3O2. The van der Waals surface area contributed by atoms with Crippen LogP contribution in [0.25, 0.3) is 0 Å². The number of carbonyl (C=O) groups excluding carboxylic acids is 1. The molecule has 0 bridgehead atoms. The number of aryl methyl sites for hydroxylation is 1. The molecule has 1 aliphatic rings. The first-order valence-electron chi connectivity index (χ1n) is 7.90. The number of hydrogen-bond donors (Lipinski definition) is 1. The highest BCUT2D eigenvalue weighted by molar-refractivity contribution is 6.06. The van der Waals surface area contributed by atoms with Crippen LogP contribution in [0.15, 0.2) is 33.8 Å². The van der Waals surface area contributed by atoms with Crippen molar-refractivity contribution in [2.24, 2.45) is 5.10 Å². The number of nitrogens with one attached hydrogen (secondary N) is 1. The predicted molar refractivity (Wildman–Crippen MR) is 91.0 cm³/mol. The number of furan rings is 1. The molecule has 0 radical (unpaired) electrons. The van der Waals surface area contributed by atoms with Crippen LogP contribution in [0.1, 0.15) is 40.3 Å². The SMILES string of the molecule is Cc1c(C(=O)N(C)C)oc2c1/C(=N/Nc1ccc(F)cc1)CCC2. The Kier molecular flexibility index (Phi) is 4.38. The van der Waals surface area contributed by atoms with Crippen molar-refractivity contribution in [3.05, 3.63) is 52.7 Å². The molecule has 1 aromatic carbocycles. The normalized spacial score (nSPS) is 15.2. The molecule has 5 nitrogen and oxygen atoms in total. The molecule has 0 spiro atoms. The molecule has 1 amide bonds. The minimum Gasteiger partial charge on any atom is -0.455 e. The van der Waals surface area contributed by atoms with Gasteiger partial charge in [-0.25, -0.2) is 4.39 Å². The Labute approximate surface area is 140 Å². The summed E-state index contributed by atoms with van der Waals surface area (Å²) in [6.45, 7) is 1.89. The second kappa shape index (κ2) is 6.47. The lowest BCUT2D eigenvalue weighted by Crippen LogP contribution is -2.22. The molecule has 1 aromatic heterocycles. The smallest absolute Gasteiger partial charge is 0.289 e. The summed E-state index contributed by atoms with van der Waals surface area (Å²) in [7, 11) is 3.41. The number of hydrogen-bond acceptors (Lipinski definition) is 4. The number of anilines is 1. The van der Waals surface area contributed by atoms with Crippen LogP contribution in [-0.2, 0) is 6.42 Å². The summed E-state index contributed by atoms with van der Waals surface area (Å²) in [4.78, 5) is 13.7. The van der Waals surface area contributed by atoms with E-state index in [4.69, 9.17) is 4.42 Å². The molecule has 6 heteroatoms. The molecule has 0 saturated heterocycles. The third-order valence-corrected chi connectivity index (χ3v) is 4.09. The van der Waals surface area contributed by atoms with E-state index in [1.807, 2.05) is 6.92 Å². The van der Waals surface area contributed by atoms with Gasteiger partial charge < -0.3 is 9.32 Å². The molecule has 24 heavy (non-hydrogen) atoms. The summed E-state index contributed by atoms with van der Waals surface area (Å²) < 4.78 is 18.8. The van der Waals surface area contributed by atoms with E-state index >= 15 is 0 Å². The fraction of sp³-hybridized carbons (Fsp3) is 0.333. The zero-order chi connectivity index (χ0) is 17.3. The quantitative estimate of drug-likeness (QED) is 0.876. The van der Waals surface area contributed by atoms with Gasteiger partial charge in [0.15, 0.2) is 5.76 Å². The third kappa shape index (κ3) is 3.04. The number of fused-ring (bicyclic) bond motifs is 1. The van der Waals surface area contributed by atoms with E-state index in [0.29, 0.717) is 11.4 Å². The van der Waals surface area contributed by atoms with Gasteiger partial charge in [0, 0.05) is 31.6 Å². The van der Waals surface area contributed by atoms with Gasteiger partial charge in [-0.3, -0.25) is 10.2 Å². The molecule has 0 unspecified atom stereocenters. The van der Waals surface area contributed by atoms with E-state index in [1.54, 1.807) is 26.2 Å². The first kappa shape index (κ1) is 16.2. The summed E-state index contributed by atoms with van der Waals surface area (Å²) in [5.74, 6) is 0.753. The molecule has 1 N–H and O–H groups in total. The van der Waals surface area contributed by atoms with E-state index in [2.05, 4.69) is 10.5 Å². The minimum atomic E-state index is -0.286. The Morgan fingerprint density at radius 1 is 1.25 bits per heavy atom. The minimum absolute atomic E-state index is 0.146. The van der Waals surface area contributed by atoms with Gasteiger partial charge in [-0.1, -0.05) is 0 Å². The zero-order valence-electron chi connectivity index (χ0n) is 14.0. The number of nitrogens with zero attached hydrogens (tertiary/aromatic N) is 2. The summed E-state index contributed by atoms with van der Waals surface area (Å²) in [6.07, 6.45) is 2.52. The van der Waals surface area contributed by atoms with Gasteiger partial charge >= 0.3 is 0 Å². The van der Waals surface area contributed by atoms with Crippen LogP contribution in [0.2, 0.25) is 0 Å². The average Bonchev–Trinajstić information content (AvgIpc) is 2.91. The number of rotatable bonds is 3. The molecule has 126 valence electrons. The summed E-state index contributed by atoms with van der Waals surface area (Å²) in [6, 6.07) is 6.02. The predicted octanol–water partition coefficient (Wildman–Crippen LogP) is 3.58. The maximum atomic E-state index is 13.0. The molecule has 2 aromatic rings.